The molecule has 0 aliphatic carbocycles. The molecule has 0 aromatic heterocycles. The number of carbonyl (C=O) groups is 2. The van der Waals surface area contributed by atoms with Crippen molar-refractivity contribution in [3.05, 3.63) is 28.2 Å². The first-order valence-corrected chi connectivity index (χ1v) is 7.95. The molecule has 7 heteroatoms. The summed E-state index contributed by atoms with van der Waals surface area (Å²) in [6.07, 6.45) is 0. The predicted molar refractivity (Wildman–Crippen MR) is 89.6 cm³/mol. The molecule has 22 heavy (non-hydrogen) atoms. The first kappa shape index (κ1) is 18.7. The molecule has 1 aromatic carbocycles. The maximum Gasteiger partial charge on any atom is 0.279 e. The molecule has 1 rings (SSSR count). The zero-order valence-electron chi connectivity index (χ0n) is 13.0. The highest BCUT2D eigenvalue weighted by Gasteiger charge is 2.17. The SMILES string of the molecule is CC[NH+](CC(=O)Nc1ccc(Cl)cc1Cl)CC(=O)NC(C)C. The van der Waals surface area contributed by atoms with Gasteiger partial charge < -0.3 is 15.5 Å². The number of quaternary nitrogens is 1. The molecule has 0 aliphatic heterocycles. The fourth-order valence-electron chi connectivity index (χ4n) is 1.92. The molecule has 1 aromatic rings. The number of carbonyl (C=O) groups excluding carboxylic acids is 2. The highest BCUT2D eigenvalue weighted by Crippen LogP contribution is 2.24. The molecule has 0 saturated carbocycles. The van der Waals surface area contributed by atoms with Gasteiger partial charge in [-0.15, -0.1) is 0 Å². The number of amides is 2. The van der Waals surface area contributed by atoms with E-state index in [0.717, 1.165) is 4.90 Å². The lowest BCUT2D eigenvalue weighted by Gasteiger charge is -2.18. The summed E-state index contributed by atoms with van der Waals surface area (Å²) in [6, 6.07) is 4.97. The molecule has 1 unspecified atom stereocenters. The Hall–Kier alpha value is -1.30. The summed E-state index contributed by atoms with van der Waals surface area (Å²) in [5.74, 6) is -0.261. The van der Waals surface area contributed by atoms with E-state index in [-0.39, 0.29) is 30.9 Å². The van der Waals surface area contributed by atoms with Gasteiger partial charge in [-0.1, -0.05) is 23.2 Å². The van der Waals surface area contributed by atoms with Crippen LogP contribution in [0.1, 0.15) is 20.8 Å². The minimum atomic E-state index is -0.196. The molecule has 0 bridgehead atoms. The van der Waals surface area contributed by atoms with Crippen LogP contribution in [0, 0.1) is 0 Å². The number of hydrogen-bond donors (Lipinski definition) is 3. The van der Waals surface area contributed by atoms with Crippen molar-refractivity contribution in [3.63, 3.8) is 0 Å². The number of halogens is 2. The fraction of sp³-hybridized carbons (Fsp3) is 0.467. The van der Waals surface area contributed by atoms with Crippen molar-refractivity contribution in [2.45, 2.75) is 26.8 Å². The van der Waals surface area contributed by atoms with E-state index in [4.69, 9.17) is 23.2 Å². The van der Waals surface area contributed by atoms with Gasteiger partial charge in [0.15, 0.2) is 13.1 Å². The molecule has 1 atom stereocenters. The Morgan fingerprint density at radius 3 is 2.36 bits per heavy atom. The molecular weight excluding hydrogens is 325 g/mol. The molecule has 0 spiro atoms. The van der Waals surface area contributed by atoms with Crippen molar-refractivity contribution in [2.75, 3.05) is 25.0 Å². The fourth-order valence-corrected chi connectivity index (χ4v) is 2.38. The summed E-state index contributed by atoms with van der Waals surface area (Å²) >= 11 is 11.8. The van der Waals surface area contributed by atoms with E-state index in [9.17, 15) is 9.59 Å². The van der Waals surface area contributed by atoms with Crippen molar-refractivity contribution >= 4 is 40.7 Å². The van der Waals surface area contributed by atoms with Gasteiger partial charge in [0, 0.05) is 11.1 Å². The van der Waals surface area contributed by atoms with Crippen LogP contribution in [0.25, 0.3) is 0 Å². The number of likely N-dealkylation sites (N-methyl/N-ethyl adjacent to an activating group) is 1. The van der Waals surface area contributed by atoms with Gasteiger partial charge >= 0.3 is 0 Å². The largest absolute Gasteiger partial charge is 0.349 e. The van der Waals surface area contributed by atoms with Gasteiger partial charge in [0.25, 0.3) is 11.8 Å². The van der Waals surface area contributed by atoms with E-state index in [1.165, 1.54) is 0 Å². The van der Waals surface area contributed by atoms with Crippen molar-refractivity contribution in [3.8, 4) is 0 Å². The molecule has 3 N–H and O–H groups in total. The van der Waals surface area contributed by atoms with E-state index in [2.05, 4.69) is 10.6 Å². The highest BCUT2D eigenvalue weighted by molar-refractivity contribution is 6.36. The quantitative estimate of drug-likeness (QED) is 0.698. The normalized spacial score (nSPS) is 12.1. The number of benzene rings is 1. The standard InChI is InChI=1S/C15H21Cl2N3O2/c1-4-20(8-14(21)18-10(2)3)9-15(22)19-13-6-5-11(16)7-12(13)17/h5-7,10H,4,8-9H2,1-3H3,(H,18,21)(H,19,22)/p+1. The van der Waals surface area contributed by atoms with Crippen LogP contribution >= 0.6 is 23.2 Å². The van der Waals surface area contributed by atoms with E-state index < -0.39 is 0 Å². The zero-order chi connectivity index (χ0) is 16.7. The Balaban J connectivity index is 2.56. The van der Waals surface area contributed by atoms with Crippen LogP contribution in [0.2, 0.25) is 10.0 Å². The van der Waals surface area contributed by atoms with Crippen LogP contribution in [-0.4, -0.2) is 37.5 Å². The Morgan fingerprint density at radius 2 is 1.82 bits per heavy atom. The predicted octanol–water partition coefficient (Wildman–Crippen LogP) is 1.36. The van der Waals surface area contributed by atoms with Gasteiger partial charge in [-0.05, 0) is 39.0 Å². The lowest BCUT2D eigenvalue weighted by molar-refractivity contribution is -0.881. The average Bonchev–Trinajstić information content (AvgIpc) is 2.40. The van der Waals surface area contributed by atoms with Crippen molar-refractivity contribution in [1.82, 2.24) is 5.32 Å². The summed E-state index contributed by atoms with van der Waals surface area (Å²) < 4.78 is 0. The van der Waals surface area contributed by atoms with Crippen LogP contribution in [0.5, 0.6) is 0 Å². The molecule has 0 saturated heterocycles. The topological polar surface area (TPSA) is 62.6 Å². The van der Waals surface area contributed by atoms with E-state index >= 15 is 0 Å². The molecule has 0 heterocycles. The van der Waals surface area contributed by atoms with Crippen LogP contribution < -0.4 is 15.5 Å². The third-order valence-corrected chi connectivity index (χ3v) is 3.52. The summed E-state index contributed by atoms with van der Waals surface area (Å²) in [7, 11) is 0. The Labute approximate surface area is 141 Å². The lowest BCUT2D eigenvalue weighted by atomic mass is 10.3. The third kappa shape index (κ3) is 6.64. The monoisotopic (exact) mass is 346 g/mol. The number of hydrogen-bond acceptors (Lipinski definition) is 2. The van der Waals surface area contributed by atoms with Crippen molar-refractivity contribution in [2.24, 2.45) is 0 Å². The maximum atomic E-state index is 12.1. The molecule has 0 radical (unpaired) electrons. The van der Waals surface area contributed by atoms with Crippen LogP contribution in [-0.2, 0) is 9.59 Å². The minimum Gasteiger partial charge on any atom is -0.349 e. The average molecular weight is 347 g/mol. The maximum absolute atomic E-state index is 12.1. The van der Waals surface area contributed by atoms with Crippen LogP contribution in [0.3, 0.4) is 0 Å². The number of anilines is 1. The third-order valence-electron chi connectivity index (χ3n) is 2.98. The van der Waals surface area contributed by atoms with Gasteiger partial charge in [-0.25, -0.2) is 0 Å². The molecular formula is C15H22Cl2N3O2+. The Kier molecular flexibility index (Phi) is 7.65. The molecule has 2 amide bonds. The molecule has 0 fully saturated rings. The second-order valence-corrected chi connectivity index (χ2v) is 6.20. The van der Waals surface area contributed by atoms with E-state index in [0.29, 0.717) is 22.3 Å². The second-order valence-electron chi connectivity index (χ2n) is 5.35. The first-order chi connectivity index (χ1) is 10.3. The van der Waals surface area contributed by atoms with Crippen molar-refractivity contribution < 1.29 is 14.5 Å². The zero-order valence-corrected chi connectivity index (χ0v) is 14.5. The van der Waals surface area contributed by atoms with Gasteiger partial charge in [-0.3, -0.25) is 9.59 Å². The summed E-state index contributed by atoms with van der Waals surface area (Å²) in [4.78, 5) is 24.7. The highest BCUT2D eigenvalue weighted by atomic mass is 35.5. The lowest BCUT2D eigenvalue weighted by Crippen LogP contribution is -3.14. The minimum absolute atomic E-state index is 0.0656. The summed E-state index contributed by atoms with van der Waals surface area (Å²) in [5.41, 5.74) is 0.512. The van der Waals surface area contributed by atoms with Gasteiger partial charge in [0.05, 0.1) is 17.3 Å². The number of nitrogens with one attached hydrogen (secondary N) is 3. The number of rotatable bonds is 7. The van der Waals surface area contributed by atoms with Gasteiger partial charge in [-0.2, -0.15) is 0 Å². The van der Waals surface area contributed by atoms with Crippen molar-refractivity contribution in [1.29, 1.82) is 0 Å². The van der Waals surface area contributed by atoms with Gasteiger partial charge in [0.2, 0.25) is 0 Å². The Bertz CT molecular complexity index is 536. The summed E-state index contributed by atoms with van der Waals surface area (Å²) in [6.45, 7) is 6.86. The molecule has 5 nitrogen and oxygen atoms in total. The van der Waals surface area contributed by atoms with Gasteiger partial charge in [0.1, 0.15) is 0 Å². The summed E-state index contributed by atoms with van der Waals surface area (Å²) in [5, 5.41) is 6.45. The second kappa shape index (κ2) is 8.98. The van der Waals surface area contributed by atoms with E-state index in [1.54, 1.807) is 18.2 Å². The van der Waals surface area contributed by atoms with E-state index in [1.807, 2.05) is 20.8 Å². The molecule has 122 valence electrons. The smallest absolute Gasteiger partial charge is 0.279 e. The van der Waals surface area contributed by atoms with Crippen LogP contribution in [0.4, 0.5) is 5.69 Å². The Morgan fingerprint density at radius 1 is 1.18 bits per heavy atom. The molecule has 0 aliphatic rings. The van der Waals surface area contributed by atoms with Crippen LogP contribution in [0.15, 0.2) is 18.2 Å². The first-order valence-electron chi connectivity index (χ1n) is 7.19.